The summed E-state index contributed by atoms with van der Waals surface area (Å²) < 4.78 is 0. The van der Waals surface area contributed by atoms with Crippen LogP contribution in [0.3, 0.4) is 0 Å². The molecule has 0 spiro atoms. The summed E-state index contributed by atoms with van der Waals surface area (Å²) in [5.74, 6) is 0.564. The van der Waals surface area contributed by atoms with E-state index in [4.69, 9.17) is 5.26 Å². The number of anilines is 2. The van der Waals surface area contributed by atoms with Gasteiger partial charge in [0.1, 0.15) is 11.9 Å². The molecule has 0 bridgehead atoms. The maximum Gasteiger partial charge on any atom is 0.148 e. The molecule has 1 aromatic carbocycles. The van der Waals surface area contributed by atoms with Crippen molar-refractivity contribution >= 4 is 22.3 Å². The molecule has 0 aliphatic carbocycles. The lowest BCUT2D eigenvalue weighted by atomic mass is 10.1. The first-order chi connectivity index (χ1) is 9.38. The topological polar surface area (TPSA) is 61.6 Å². The molecule has 90 valence electrons. The Bertz CT molecular complexity index is 769. The SMILES string of the molecule is N#Cc1cccnc1Nc1cccc2cnccc12. The Morgan fingerprint density at radius 1 is 1.05 bits per heavy atom. The van der Waals surface area contributed by atoms with Gasteiger partial charge in [0.15, 0.2) is 0 Å². The molecule has 0 radical (unpaired) electrons. The van der Waals surface area contributed by atoms with Crippen LogP contribution in [0, 0.1) is 11.3 Å². The number of nitrogens with zero attached hydrogens (tertiary/aromatic N) is 3. The number of rotatable bonds is 2. The minimum Gasteiger partial charge on any atom is -0.339 e. The van der Waals surface area contributed by atoms with Gasteiger partial charge in [-0.05, 0) is 24.3 Å². The molecule has 2 aromatic heterocycles. The van der Waals surface area contributed by atoms with E-state index in [1.54, 1.807) is 24.5 Å². The van der Waals surface area contributed by atoms with Gasteiger partial charge in [0.2, 0.25) is 0 Å². The maximum atomic E-state index is 9.07. The second-order valence-electron chi connectivity index (χ2n) is 4.04. The van der Waals surface area contributed by atoms with Gasteiger partial charge >= 0.3 is 0 Å². The third-order valence-corrected chi connectivity index (χ3v) is 2.86. The van der Waals surface area contributed by atoms with Crippen LogP contribution in [-0.4, -0.2) is 9.97 Å². The highest BCUT2D eigenvalue weighted by Crippen LogP contribution is 2.25. The number of pyridine rings is 2. The fraction of sp³-hybridized carbons (Fsp3) is 0. The summed E-state index contributed by atoms with van der Waals surface area (Å²) in [6.07, 6.45) is 5.22. The standard InChI is InChI=1S/C15H10N4/c16-9-11-4-2-7-18-15(11)19-14-5-1-3-12-10-17-8-6-13(12)14/h1-8,10H,(H,18,19). The summed E-state index contributed by atoms with van der Waals surface area (Å²) in [4.78, 5) is 8.30. The Balaban J connectivity index is 2.09. The molecule has 3 aromatic rings. The zero-order chi connectivity index (χ0) is 13.1. The number of benzene rings is 1. The molecule has 0 fully saturated rings. The summed E-state index contributed by atoms with van der Waals surface area (Å²) in [6, 6.07) is 13.4. The van der Waals surface area contributed by atoms with E-state index in [0.29, 0.717) is 11.4 Å². The smallest absolute Gasteiger partial charge is 0.148 e. The van der Waals surface area contributed by atoms with E-state index in [1.807, 2.05) is 30.5 Å². The molecular formula is C15H10N4. The van der Waals surface area contributed by atoms with Crippen LogP contribution in [0.5, 0.6) is 0 Å². The molecule has 2 heterocycles. The lowest BCUT2D eigenvalue weighted by Crippen LogP contribution is -1.97. The van der Waals surface area contributed by atoms with Crippen LogP contribution >= 0.6 is 0 Å². The second kappa shape index (κ2) is 4.75. The first-order valence-electron chi connectivity index (χ1n) is 5.83. The van der Waals surface area contributed by atoms with Crippen molar-refractivity contribution in [2.45, 2.75) is 0 Å². The summed E-state index contributed by atoms with van der Waals surface area (Å²) in [5.41, 5.74) is 1.43. The van der Waals surface area contributed by atoms with Crippen molar-refractivity contribution in [3.8, 4) is 6.07 Å². The Kier molecular flexibility index (Phi) is 2.79. The minimum atomic E-state index is 0.522. The van der Waals surface area contributed by atoms with Gasteiger partial charge in [-0.25, -0.2) is 4.98 Å². The van der Waals surface area contributed by atoms with Crippen molar-refractivity contribution in [3.05, 3.63) is 60.6 Å². The fourth-order valence-corrected chi connectivity index (χ4v) is 1.95. The van der Waals surface area contributed by atoms with Gasteiger partial charge in [-0.2, -0.15) is 5.26 Å². The molecule has 0 saturated carbocycles. The summed E-state index contributed by atoms with van der Waals surface area (Å²) >= 11 is 0. The average Bonchev–Trinajstić information content (AvgIpc) is 2.48. The molecule has 0 amide bonds. The lowest BCUT2D eigenvalue weighted by Gasteiger charge is -2.09. The van der Waals surface area contributed by atoms with Crippen molar-refractivity contribution in [2.75, 3.05) is 5.32 Å². The van der Waals surface area contributed by atoms with E-state index in [0.717, 1.165) is 16.5 Å². The van der Waals surface area contributed by atoms with Gasteiger partial charge in [0.05, 0.1) is 5.56 Å². The maximum absolute atomic E-state index is 9.07. The average molecular weight is 246 g/mol. The number of nitriles is 1. The minimum absolute atomic E-state index is 0.522. The molecule has 1 N–H and O–H groups in total. The molecular weight excluding hydrogens is 236 g/mol. The first-order valence-corrected chi connectivity index (χ1v) is 5.83. The van der Waals surface area contributed by atoms with E-state index < -0.39 is 0 Å². The van der Waals surface area contributed by atoms with Gasteiger partial charge in [-0.1, -0.05) is 12.1 Å². The zero-order valence-electron chi connectivity index (χ0n) is 10.0. The van der Waals surface area contributed by atoms with E-state index >= 15 is 0 Å². The van der Waals surface area contributed by atoms with Crippen molar-refractivity contribution in [3.63, 3.8) is 0 Å². The quantitative estimate of drug-likeness (QED) is 0.754. The molecule has 0 atom stereocenters. The third-order valence-electron chi connectivity index (χ3n) is 2.86. The fourth-order valence-electron chi connectivity index (χ4n) is 1.95. The van der Waals surface area contributed by atoms with Gasteiger partial charge < -0.3 is 5.32 Å². The van der Waals surface area contributed by atoms with Crippen molar-refractivity contribution in [1.82, 2.24) is 9.97 Å². The van der Waals surface area contributed by atoms with Crippen LogP contribution in [0.25, 0.3) is 10.8 Å². The summed E-state index contributed by atoms with van der Waals surface area (Å²) in [5, 5.41) is 14.4. The number of fused-ring (bicyclic) bond motifs is 1. The highest BCUT2D eigenvalue weighted by Gasteiger charge is 2.05. The molecule has 19 heavy (non-hydrogen) atoms. The van der Waals surface area contributed by atoms with Crippen LogP contribution in [0.4, 0.5) is 11.5 Å². The van der Waals surface area contributed by atoms with Gasteiger partial charge in [-0.15, -0.1) is 0 Å². The van der Waals surface area contributed by atoms with Crippen LogP contribution in [-0.2, 0) is 0 Å². The van der Waals surface area contributed by atoms with Crippen molar-refractivity contribution < 1.29 is 0 Å². The van der Waals surface area contributed by atoms with Crippen LogP contribution in [0.1, 0.15) is 5.56 Å². The van der Waals surface area contributed by atoms with E-state index in [9.17, 15) is 0 Å². The van der Waals surface area contributed by atoms with Gasteiger partial charge in [0.25, 0.3) is 0 Å². The number of hydrogen-bond donors (Lipinski definition) is 1. The number of hydrogen-bond acceptors (Lipinski definition) is 4. The van der Waals surface area contributed by atoms with E-state index in [1.165, 1.54) is 0 Å². The Labute approximate surface area is 110 Å². The predicted molar refractivity (Wildman–Crippen MR) is 74.0 cm³/mol. The van der Waals surface area contributed by atoms with E-state index in [2.05, 4.69) is 21.4 Å². The van der Waals surface area contributed by atoms with Crippen LogP contribution in [0.15, 0.2) is 55.0 Å². The molecule has 4 nitrogen and oxygen atoms in total. The Hall–Kier alpha value is -2.93. The zero-order valence-corrected chi connectivity index (χ0v) is 10.0. The van der Waals surface area contributed by atoms with Crippen LogP contribution in [0.2, 0.25) is 0 Å². The molecule has 3 rings (SSSR count). The molecule has 0 aliphatic heterocycles. The lowest BCUT2D eigenvalue weighted by molar-refractivity contribution is 1.29. The largest absolute Gasteiger partial charge is 0.339 e. The number of nitrogens with one attached hydrogen (secondary N) is 1. The highest BCUT2D eigenvalue weighted by molar-refractivity contribution is 5.94. The van der Waals surface area contributed by atoms with Gasteiger partial charge in [0, 0.05) is 35.1 Å². The Morgan fingerprint density at radius 2 is 2.00 bits per heavy atom. The van der Waals surface area contributed by atoms with Crippen LogP contribution < -0.4 is 5.32 Å². The number of aromatic nitrogens is 2. The summed E-state index contributed by atoms with van der Waals surface area (Å²) in [6.45, 7) is 0. The van der Waals surface area contributed by atoms with Crippen molar-refractivity contribution in [1.29, 1.82) is 5.26 Å². The Morgan fingerprint density at radius 3 is 2.89 bits per heavy atom. The molecule has 0 unspecified atom stereocenters. The second-order valence-corrected chi connectivity index (χ2v) is 4.04. The highest BCUT2D eigenvalue weighted by atomic mass is 15.0. The third kappa shape index (κ3) is 2.09. The molecule has 0 aliphatic rings. The molecule has 0 saturated heterocycles. The monoisotopic (exact) mass is 246 g/mol. The first kappa shape index (κ1) is 11.2. The normalized spacial score (nSPS) is 10.1. The van der Waals surface area contributed by atoms with Crippen molar-refractivity contribution in [2.24, 2.45) is 0 Å². The summed E-state index contributed by atoms with van der Waals surface area (Å²) in [7, 11) is 0. The van der Waals surface area contributed by atoms with E-state index in [-0.39, 0.29) is 0 Å². The molecule has 4 heteroatoms. The van der Waals surface area contributed by atoms with Gasteiger partial charge in [-0.3, -0.25) is 4.98 Å². The predicted octanol–water partition coefficient (Wildman–Crippen LogP) is 3.25.